The number of benzene rings is 3. The molecular formula is C44H55F4LiN4O11-2. The molecule has 3 aromatic carbocycles. The molecule has 3 aromatic rings. The monoisotopic (exact) mass is 898 g/mol. The number of rotatable bonds is 20. The molecule has 348 valence electrons. The second kappa shape index (κ2) is 29.0. The van der Waals surface area contributed by atoms with Gasteiger partial charge in [0.15, 0.2) is 17.4 Å². The minimum absolute atomic E-state index is 0. The third kappa shape index (κ3) is 20.3. The van der Waals surface area contributed by atoms with Crippen molar-refractivity contribution in [3.05, 3.63) is 108 Å². The summed E-state index contributed by atoms with van der Waals surface area (Å²) in [7, 11) is 0. The largest absolute Gasteiger partial charge is 1.00 e. The molecule has 4 amide bonds. The van der Waals surface area contributed by atoms with E-state index in [1.807, 2.05) is 0 Å². The van der Waals surface area contributed by atoms with Crippen LogP contribution in [-0.4, -0.2) is 86.9 Å². The summed E-state index contributed by atoms with van der Waals surface area (Å²) in [6.07, 6.45) is -0.474. The summed E-state index contributed by atoms with van der Waals surface area (Å²) >= 11 is 0. The summed E-state index contributed by atoms with van der Waals surface area (Å²) in [5.41, 5.74) is 0.327. The first-order chi connectivity index (χ1) is 29.2. The maximum Gasteiger partial charge on any atom is 1.00 e. The standard InChI is InChI=1S/C28H43N4O9.C15H9F4O2.CH3.Li/c1-19(2)24(26(36)30-20(3)25(35)31-22-9-7-21(8-10-22)17-40-18-33)32-23(34)11-13-38-15-16-39-14-12-29-27(37)41-28(4,5)6;1-7-5-3-4-6-9(7)15(20)21-14-8(2)10(16)11(17)12(18)13(14)19;;/h7-10,19-20,24H,11-17H2,1-6H3,(H,29,37)(H,30,36)(H,31,35)(H,32,34);3-6H,1H2,2H3;1H3;/q3*-1;+1/t20-,24-;;;/m0.../s1. The van der Waals surface area contributed by atoms with Gasteiger partial charge < -0.3 is 57.2 Å². The van der Waals surface area contributed by atoms with Crippen LogP contribution in [0.25, 0.3) is 0 Å². The van der Waals surface area contributed by atoms with Crippen LogP contribution in [0.4, 0.5) is 28.0 Å². The van der Waals surface area contributed by atoms with Gasteiger partial charge in [-0.05, 0) is 63.8 Å². The zero-order valence-electron chi connectivity index (χ0n) is 37.5. The number of anilines is 1. The van der Waals surface area contributed by atoms with Gasteiger partial charge in [0.2, 0.25) is 29.4 Å². The van der Waals surface area contributed by atoms with E-state index in [1.54, 1.807) is 65.0 Å². The Kier molecular flexibility index (Phi) is 26.4. The first-order valence-electron chi connectivity index (χ1n) is 19.2. The smallest absolute Gasteiger partial charge is 0.650 e. The van der Waals surface area contributed by atoms with Crippen molar-refractivity contribution >= 4 is 41.9 Å². The van der Waals surface area contributed by atoms with Crippen LogP contribution in [0.1, 0.15) is 75.0 Å². The number of halogens is 4. The molecular weight excluding hydrogens is 843 g/mol. The molecule has 0 aliphatic rings. The first kappa shape index (κ1) is 58.4. The van der Waals surface area contributed by atoms with Crippen molar-refractivity contribution in [1.82, 2.24) is 16.0 Å². The molecule has 2 atom stereocenters. The molecule has 3 rings (SSSR count). The molecule has 0 saturated heterocycles. The molecule has 0 aromatic heterocycles. The molecule has 4 N–H and O–H groups in total. The van der Waals surface area contributed by atoms with Gasteiger partial charge in [0, 0.05) is 24.2 Å². The summed E-state index contributed by atoms with van der Waals surface area (Å²) in [4.78, 5) is 71.3. The second-order valence-corrected chi connectivity index (χ2v) is 14.7. The van der Waals surface area contributed by atoms with E-state index in [9.17, 15) is 46.3 Å². The molecule has 0 spiro atoms. The van der Waals surface area contributed by atoms with Crippen LogP contribution in [0, 0.1) is 50.5 Å². The molecule has 0 fully saturated rings. The quantitative estimate of drug-likeness (QED) is 0.0190. The molecule has 0 heterocycles. The second-order valence-electron chi connectivity index (χ2n) is 14.7. The van der Waals surface area contributed by atoms with Crippen LogP contribution in [-0.2, 0) is 44.7 Å². The topological polar surface area (TPSA) is 197 Å². The number of carbonyl (C=O) groups is 5. The molecule has 0 radical (unpaired) electrons. The van der Waals surface area contributed by atoms with Gasteiger partial charge in [-0.15, -0.1) is 12.1 Å². The van der Waals surface area contributed by atoms with Crippen molar-refractivity contribution in [2.75, 3.05) is 38.3 Å². The Bertz CT molecular complexity index is 1970. The Balaban J connectivity index is 0.00000145. The number of hydrogen-bond donors (Lipinski definition) is 4. The first-order valence-corrected chi connectivity index (χ1v) is 19.2. The van der Waals surface area contributed by atoms with Crippen LogP contribution >= 0.6 is 0 Å². The van der Waals surface area contributed by atoms with E-state index in [2.05, 4.69) is 37.7 Å². The minimum atomic E-state index is -2.04. The molecule has 0 aliphatic carbocycles. The van der Waals surface area contributed by atoms with Crippen molar-refractivity contribution in [2.45, 2.75) is 79.2 Å². The van der Waals surface area contributed by atoms with E-state index < -0.39 is 76.1 Å². The Morgan fingerprint density at radius 2 is 1.39 bits per heavy atom. The Hall–Kier alpha value is -5.61. The Morgan fingerprint density at radius 1 is 0.797 bits per heavy atom. The van der Waals surface area contributed by atoms with Gasteiger partial charge >= 0.3 is 25.0 Å². The Labute approximate surface area is 383 Å². The number of alkyl carbamates (subject to hydrolysis) is 1. The number of carbonyl (C=O) groups excluding carboxylic acids is 6. The van der Waals surface area contributed by atoms with Crippen LogP contribution in [0.5, 0.6) is 5.75 Å². The molecule has 20 heteroatoms. The van der Waals surface area contributed by atoms with Gasteiger partial charge in [-0.1, -0.05) is 38.5 Å². The number of esters is 1. The predicted molar refractivity (Wildman–Crippen MR) is 224 cm³/mol. The van der Waals surface area contributed by atoms with Crippen LogP contribution in [0.15, 0.2) is 48.5 Å². The van der Waals surface area contributed by atoms with Crippen molar-refractivity contribution in [2.24, 2.45) is 5.92 Å². The summed E-state index contributed by atoms with van der Waals surface area (Å²) in [6.45, 7) is 17.7. The van der Waals surface area contributed by atoms with Crippen LogP contribution in [0.3, 0.4) is 0 Å². The number of amides is 4. The normalized spacial score (nSPS) is 11.5. The van der Waals surface area contributed by atoms with Crippen molar-refractivity contribution in [3.8, 4) is 5.75 Å². The zero-order valence-corrected chi connectivity index (χ0v) is 37.5. The van der Waals surface area contributed by atoms with Gasteiger partial charge in [0.1, 0.15) is 17.7 Å². The van der Waals surface area contributed by atoms with Gasteiger partial charge in [-0.3, -0.25) is 19.2 Å². The summed E-state index contributed by atoms with van der Waals surface area (Å²) in [5, 5.41) is 10.6. The van der Waals surface area contributed by atoms with E-state index in [4.69, 9.17) is 14.2 Å². The number of hydrogen-bond acceptors (Lipinski definition) is 11. The molecule has 64 heavy (non-hydrogen) atoms. The fourth-order valence-electron chi connectivity index (χ4n) is 4.93. The van der Waals surface area contributed by atoms with Crippen LogP contribution < -0.4 is 44.9 Å². The van der Waals surface area contributed by atoms with Crippen molar-refractivity contribution in [1.29, 1.82) is 0 Å². The van der Waals surface area contributed by atoms with E-state index >= 15 is 0 Å². The fraction of sp³-hybridized carbons (Fsp3) is 0.409. The average Bonchev–Trinajstić information content (AvgIpc) is 3.21. The number of nitrogens with one attached hydrogen (secondary N) is 4. The third-order valence-corrected chi connectivity index (χ3v) is 8.18. The van der Waals surface area contributed by atoms with Gasteiger partial charge in [-0.25, -0.2) is 18.0 Å². The van der Waals surface area contributed by atoms with Gasteiger partial charge in [0.25, 0.3) is 5.97 Å². The average molecular weight is 899 g/mol. The summed E-state index contributed by atoms with van der Waals surface area (Å²) in [6, 6.07) is 10.9. The maximum absolute atomic E-state index is 13.6. The molecule has 0 unspecified atom stereocenters. The number of ether oxygens (including phenoxy) is 5. The van der Waals surface area contributed by atoms with Crippen molar-refractivity contribution in [3.63, 3.8) is 0 Å². The Morgan fingerprint density at radius 3 is 1.97 bits per heavy atom. The SMILES string of the molecule is CC(C)[C@H](NC(=O)CCOCCOCCNC(=O)OC(C)(C)C)C(=O)N[C@@H](C)C(=O)Nc1ccc(CO[C-]=O)cc1.[CH2-]c1ccccc1C(=O)Oc1c(C)c(F)c(F)c(F)c1F.[CH3-].[Li+]. The minimum Gasteiger partial charge on any atom is -0.650 e. The van der Waals surface area contributed by atoms with Crippen LogP contribution in [0.2, 0.25) is 0 Å². The summed E-state index contributed by atoms with van der Waals surface area (Å²) in [5.74, 6) is -10.9. The molecule has 0 bridgehead atoms. The van der Waals surface area contributed by atoms with E-state index in [0.29, 0.717) is 17.8 Å². The van der Waals surface area contributed by atoms with Crippen molar-refractivity contribution < 1.29 is 88.9 Å². The fourth-order valence-corrected chi connectivity index (χ4v) is 4.93. The summed E-state index contributed by atoms with van der Waals surface area (Å²) < 4.78 is 78.3. The molecule has 0 aliphatic heterocycles. The molecule has 15 nitrogen and oxygen atoms in total. The van der Waals surface area contributed by atoms with Gasteiger partial charge in [0.05, 0.1) is 33.0 Å². The maximum atomic E-state index is 13.6. The zero-order chi connectivity index (χ0) is 46.6. The van der Waals surface area contributed by atoms with E-state index in [-0.39, 0.29) is 83.1 Å². The van der Waals surface area contributed by atoms with E-state index in [1.165, 1.54) is 31.6 Å². The van der Waals surface area contributed by atoms with E-state index in [0.717, 1.165) is 12.5 Å². The molecule has 0 saturated carbocycles. The predicted octanol–water partition coefficient (Wildman–Crippen LogP) is 3.21. The third-order valence-electron chi connectivity index (χ3n) is 8.18. The van der Waals surface area contributed by atoms with Gasteiger partial charge in [-0.2, -0.15) is 22.9 Å².